The summed E-state index contributed by atoms with van der Waals surface area (Å²) in [5.41, 5.74) is 0.474. The second-order valence-electron chi connectivity index (χ2n) is 7.29. The Kier molecular flexibility index (Phi) is 6.55. The number of nitrogens with zero attached hydrogens (tertiary/aromatic N) is 3. The molecule has 0 unspecified atom stereocenters. The zero-order valence-corrected chi connectivity index (χ0v) is 15.8. The van der Waals surface area contributed by atoms with Gasteiger partial charge < -0.3 is 14.5 Å². The van der Waals surface area contributed by atoms with Crippen molar-refractivity contribution in [3.8, 4) is 0 Å². The van der Waals surface area contributed by atoms with Gasteiger partial charge in [-0.1, -0.05) is 6.07 Å². The van der Waals surface area contributed by atoms with E-state index in [9.17, 15) is 14.4 Å². The average Bonchev–Trinajstić information content (AvgIpc) is 2.73. The number of hydrogen-bond acceptors (Lipinski definition) is 5. The Bertz CT molecular complexity index is 671. The summed E-state index contributed by atoms with van der Waals surface area (Å²) in [6, 6.07) is 5.33. The number of piperidine rings is 2. The highest BCUT2D eigenvalue weighted by atomic mass is 16.5. The van der Waals surface area contributed by atoms with Crippen molar-refractivity contribution in [3.05, 3.63) is 30.1 Å². The van der Waals surface area contributed by atoms with Crippen LogP contribution in [0.25, 0.3) is 0 Å². The van der Waals surface area contributed by atoms with E-state index in [4.69, 9.17) is 4.74 Å². The van der Waals surface area contributed by atoms with E-state index in [0.717, 1.165) is 12.8 Å². The van der Waals surface area contributed by atoms with Gasteiger partial charge in [-0.2, -0.15) is 0 Å². The lowest BCUT2D eigenvalue weighted by Gasteiger charge is -2.37. The van der Waals surface area contributed by atoms with Crippen molar-refractivity contribution in [2.75, 3.05) is 39.9 Å². The molecule has 1 aromatic rings. The molecule has 146 valence electrons. The number of carbonyl (C=O) groups excluding carboxylic acids is 3. The van der Waals surface area contributed by atoms with Crippen LogP contribution in [0.2, 0.25) is 0 Å². The molecule has 0 N–H and O–H groups in total. The van der Waals surface area contributed by atoms with Crippen molar-refractivity contribution >= 4 is 17.6 Å². The van der Waals surface area contributed by atoms with Crippen LogP contribution in [0, 0.1) is 11.8 Å². The molecule has 2 aliphatic rings. The largest absolute Gasteiger partial charge is 0.375 e. The Labute approximate surface area is 159 Å². The van der Waals surface area contributed by atoms with Crippen molar-refractivity contribution in [2.45, 2.75) is 25.7 Å². The Morgan fingerprint density at radius 3 is 2.52 bits per heavy atom. The van der Waals surface area contributed by atoms with Gasteiger partial charge in [0.05, 0.1) is 0 Å². The molecule has 7 heteroatoms. The van der Waals surface area contributed by atoms with Gasteiger partial charge in [0.25, 0.3) is 0 Å². The molecule has 0 spiro atoms. The third kappa shape index (κ3) is 4.71. The summed E-state index contributed by atoms with van der Waals surface area (Å²) in [6.45, 7) is 2.43. The Morgan fingerprint density at radius 1 is 1.07 bits per heavy atom. The van der Waals surface area contributed by atoms with E-state index in [0.29, 0.717) is 44.7 Å². The number of hydrogen-bond donors (Lipinski definition) is 0. The number of ketones is 1. The number of likely N-dealkylation sites (tertiary alicyclic amines) is 2. The highest BCUT2D eigenvalue weighted by Crippen LogP contribution is 2.25. The molecule has 27 heavy (non-hydrogen) atoms. The summed E-state index contributed by atoms with van der Waals surface area (Å²) in [5, 5.41) is 0. The maximum Gasteiger partial charge on any atom is 0.248 e. The number of rotatable bonds is 5. The van der Waals surface area contributed by atoms with Crippen LogP contribution < -0.4 is 0 Å². The molecule has 2 aliphatic heterocycles. The second kappa shape index (κ2) is 9.08. The van der Waals surface area contributed by atoms with Gasteiger partial charge in [-0.15, -0.1) is 0 Å². The lowest BCUT2D eigenvalue weighted by molar-refractivity contribution is -0.143. The second-order valence-corrected chi connectivity index (χ2v) is 7.29. The number of Topliss-reactive ketones (excluding diaryl/α,β-unsaturated/α-hetero) is 1. The van der Waals surface area contributed by atoms with Crippen molar-refractivity contribution in [1.82, 2.24) is 14.8 Å². The summed E-state index contributed by atoms with van der Waals surface area (Å²) in [7, 11) is 1.51. The molecule has 0 aliphatic carbocycles. The van der Waals surface area contributed by atoms with E-state index in [2.05, 4.69) is 4.98 Å². The lowest BCUT2D eigenvalue weighted by Crippen LogP contribution is -2.48. The highest BCUT2D eigenvalue weighted by Gasteiger charge is 2.34. The van der Waals surface area contributed by atoms with Crippen LogP contribution in [0.15, 0.2) is 24.4 Å². The molecular weight excluding hydrogens is 346 g/mol. The van der Waals surface area contributed by atoms with Gasteiger partial charge >= 0.3 is 0 Å². The predicted octanol–water partition coefficient (Wildman–Crippen LogP) is 1.39. The standard InChI is InChI=1S/C20H27N3O4/c1-27-14-18(24)22-11-7-15(8-12-22)20(26)23-10-4-5-16(13-23)19(25)17-6-2-3-9-21-17/h2-3,6,9,15-16H,4-5,7-8,10-14H2,1H3/t16-/m1/s1. The zero-order chi connectivity index (χ0) is 19.2. The minimum atomic E-state index is -0.180. The monoisotopic (exact) mass is 373 g/mol. The fourth-order valence-electron chi connectivity index (χ4n) is 3.96. The van der Waals surface area contributed by atoms with Crippen LogP contribution in [0.5, 0.6) is 0 Å². The molecule has 3 heterocycles. The topological polar surface area (TPSA) is 79.8 Å². The maximum absolute atomic E-state index is 12.9. The smallest absolute Gasteiger partial charge is 0.248 e. The van der Waals surface area contributed by atoms with E-state index in [-0.39, 0.29) is 36.0 Å². The summed E-state index contributed by atoms with van der Waals surface area (Å²) in [5.74, 6) is -0.135. The van der Waals surface area contributed by atoms with Crippen molar-refractivity contribution in [1.29, 1.82) is 0 Å². The van der Waals surface area contributed by atoms with Crippen LogP contribution in [-0.4, -0.2) is 72.3 Å². The third-order valence-electron chi connectivity index (χ3n) is 5.49. The molecule has 1 atom stereocenters. The predicted molar refractivity (Wildman–Crippen MR) is 99.1 cm³/mol. The van der Waals surface area contributed by atoms with Crippen LogP contribution in [0.1, 0.15) is 36.2 Å². The molecule has 7 nitrogen and oxygen atoms in total. The molecule has 2 saturated heterocycles. The number of carbonyl (C=O) groups is 3. The van der Waals surface area contributed by atoms with Crippen LogP contribution in [-0.2, 0) is 14.3 Å². The SMILES string of the molecule is COCC(=O)N1CCC(C(=O)N2CCC[C@@H](C(=O)c3ccccn3)C2)CC1. The number of amides is 2. The van der Waals surface area contributed by atoms with E-state index < -0.39 is 0 Å². The van der Waals surface area contributed by atoms with Crippen LogP contribution >= 0.6 is 0 Å². The summed E-state index contributed by atoms with van der Waals surface area (Å²) in [6.07, 6.45) is 4.59. The summed E-state index contributed by atoms with van der Waals surface area (Å²) in [4.78, 5) is 45.2. The molecule has 1 aromatic heterocycles. The summed E-state index contributed by atoms with van der Waals surface area (Å²) >= 11 is 0. The van der Waals surface area contributed by atoms with Gasteiger partial charge in [-0.3, -0.25) is 19.4 Å². The van der Waals surface area contributed by atoms with E-state index >= 15 is 0 Å². The van der Waals surface area contributed by atoms with Crippen LogP contribution in [0.4, 0.5) is 0 Å². The first kappa shape index (κ1) is 19.5. The molecule has 2 amide bonds. The minimum absolute atomic E-state index is 0.0214. The number of methoxy groups -OCH3 is 1. The Hall–Kier alpha value is -2.28. The normalized spacial score (nSPS) is 21.1. The molecule has 2 fully saturated rings. The van der Waals surface area contributed by atoms with Crippen molar-refractivity contribution in [2.24, 2.45) is 11.8 Å². The van der Waals surface area contributed by atoms with Gasteiger partial charge in [0, 0.05) is 51.3 Å². The lowest BCUT2D eigenvalue weighted by atomic mass is 9.89. The molecule has 0 aromatic carbocycles. The quantitative estimate of drug-likeness (QED) is 0.729. The van der Waals surface area contributed by atoms with Crippen LogP contribution in [0.3, 0.4) is 0 Å². The maximum atomic E-state index is 12.9. The summed E-state index contributed by atoms with van der Waals surface area (Å²) < 4.78 is 4.89. The zero-order valence-electron chi connectivity index (χ0n) is 15.8. The van der Waals surface area contributed by atoms with Gasteiger partial charge in [0.1, 0.15) is 12.3 Å². The van der Waals surface area contributed by atoms with Crippen molar-refractivity contribution < 1.29 is 19.1 Å². The minimum Gasteiger partial charge on any atom is -0.375 e. The van der Waals surface area contributed by atoms with Gasteiger partial charge in [-0.05, 0) is 37.8 Å². The molecule has 3 rings (SSSR count). The molecule has 0 saturated carbocycles. The fourth-order valence-corrected chi connectivity index (χ4v) is 3.96. The van der Waals surface area contributed by atoms with Crippen molar-refractivity contribution in [3.63, 3.8) is 0 Å². The molecular formula is C20H27N3O4. The first-order chi connectivity index (χ1) is 13.1. The third-order valence-corrected chi connectivity index (χ3v) is 5.49. The van der Waals surface area contributed by atoms with E-state index in [1.807, 2.05) is 11.0 Å². The highest BCUT2D eigenvalue weighted by molar-refractivity contribution is 5.96. The average molecular weight is 373 g/mol. The Balaban J connectivity index is 1.55. The first-order valence-corrected chi connectivity index (χ1v) is 9.61. The van der Waals surface area contributed by atoms with E-state index in [1.165, 1.54) is 7.11 Å². The molecule has 0 bridgehead atoms. The number of aromatic nitrogens is 1. The number of ether oxygens (including phenoxy) is 1. The first-order valence-electron chi connectivity index (χ1n) is 9.61. The number of pyridine rings is 1. The molecule has 0 radical (unpaired) electrons. The van der Waals surface area contributed by atoms with Gasteiger partial charge in [-0.25, -0.2) is 0 Å². The van der Waals surface area contributed by atoms with E-state index in [1.54, 1.807) is 23.2 Å². The van der Waals surface area contributed by atoms with Gasteiger partial charge in [0.15, 0.2) is 5.78 Å². The Morgan fingerprint density at radius 2 is 1.85 bits per heavy atom. The van der Waals surface area contributed by atoms with Gasteiger partial charge in [0.2, 0.25) is 11.8 Å². The fraction of sp³-hybridized carbons (Fsp3) is 0.600.